The van der Waals surface area contributed by atoms with Crippen LogP contribution in [0.15, 0.2) is 0 Å². The van der Waals surface area contributed by atoms with Crippen molar-refractivity contribution in [1.82, 2.24) is 0 Å². The third-order valence-electron chi connectivity index (χ3n) is 15.2. The summed E-state index contributed by atoms with van der Waals surface area (Å²) in [6.07, 6.45) is 37.6. The predicted octanol–water partition coefficient (Wildman–Crippen LogP) is 17.9. The molecule has 0 heterocycles. The second kappa shape index (κ2) is 56.3. The molecular formula is C65H126O17P2. The van der Waals surface area contributed by atoms with Crippen molar-refractivity contribution in [3.63, 3.8) is 0 Å². The SMILES string of the molecule is CCCCCCCCCCCC(=O)OC[C@H](COP(=O)(O)OC[C@H](O)COP(=O)(O)OC[C@@H](COC(=O)CCCCCCCCCCC(C)C)OC(=O)CCCCCCCCCCCCCC(C)C)OC(=O)CCCCCCCCC(C)CC. The van der Waals surface area contributed by atoms with Crippen LogP contribution < -0.4 is 0 Å². The number of carbonyl (C=O) groups excluding carboxylic acids is 4. The number of esters is 4. The van der Waals surface area contributed by atoms with Crippen LogP contribution in [0.1, 0.15) is 318 Å². The van der Waals surface area contributed by atoms with Crippen LogP contribution in [0.2, 0.25) is 0 Å². The van der Waals surface area contributed by atoms with E-state index in [0.717, 1.165) is 108 Å². The number of aliphatic hydroxyl groups is 1. The first-order valence-electron chi connectivity index (χ1n) is 33.9. The summed E-state index contributed by atoms with van der Waals surface area (Å²) in [6.45, 7) is 11.7. The molecule has 3 N–H and O–H groups in total. The number of ether oxygens (including phenoxy) is 4. The van der Waals surface area contributed by atoms with Gasteiger partial charge in [0.2, 0.25) is 0 Å². The normalized spacial score (nSPS) is 14.7. The highest BCUT2D eigenvalue weighted by Crippen LogP contribution is 2.45. The minimum atomic E-state index is -4.95. The van der Waals surface area contributed by atoms with Crippen LogP contribution in [0.5, 0.6) is 0 Å². The van der Waals surface area contributed by atoms with Gasteiger partial charge in [0.1, 0.15) is 19.3 Å². The van der Waals surface area contributed by atoms with Crippen LogP contribution in [-0.2, 0) is 65.4 Å². The quantitative estimate of drug-likeness (QED) is 0.0222. The van der Waals surface area contributed by atoms with Crippen molar-refractivity contribution in [3.8, 4) is 0 Å². The molecule has 0 aromatic rings. The maximum atomic E-state index is 13.0. The number of unbranched alkanes of at least 4 members (excludes halogenated alkanes) is 30. The summed E-state index contributed by atoms with van der Waals surface area (Å²) >= 11 is 0. The monoisotopic (exact) mass is 1240 g/mol. The third-order valence-corrected chi connectivity index (χ3v) is 17.1. The van der Waals surface area contributed by atoms with Gasteiger partial charge in [-0.05, 0) is 43.4 Å². The number of aliphatic hydroxyl groups excluding tert-OH is 1. The van der Waals surface area contributed by atoms with E-state index >= 15 is 0 Å². The molecule has 498 valence electrons. The predicted molar refractivity (Wildman–Crippen MR) is 335 cm³/mol. The Balaban J connectivity index is 5.25. The number of phosphoric ester groups is 2. The van der Waals surface area contributed by atoms with Gasteiger partial charge >= 0.3 is 39.5 Å². The van der Waals surface area contributed by atoms with E-state index in [1.54, 1.807) is 0 Å². The maximum absolute atomic E-state index is 13.0. The van der Waals surface area contributed by atoms with Crippen molar-refractivity contribution >= 4 is 39.5 Å². The Hall–Kier alpha value is -1.94. The molecule has 84 heavy (non-hydrogen) atoms. The molecule has 0 saturated heterocycles. The highest BCUT2D eigenvalue weighted by atomic mass is 31.2. The number of carbonyl (C=O) groups is 4. The van der Waals surface area contributed by atoms with E-state index in [0.29, 0.717) is 25.7 Å². The highest BCUT2D eigenvalue weighted by molar-refractivity contribution is 7.47. The van der Waals surface area contributed by atoms with Gasteiger partial charge < -0.3 is 33.8 Å². The number of hydrogen-bond donors (Lipinski definition) is 3. The fourth-order valence-corrected chi connectivity index (χ4v) is 11.2. The fourth-order valence-electron chi connectivity index (χ4n) is 9.62. The van der Waals surface area contributed by atoms with Crippen molar-refractivity contribution in [3.05, 3.63) is 0 Å². The Kier molecular flexibility index (Phi) is 55.0. The van der Waals surface area contributed by atoms with Crippen LogP contribution in [0.4, 0.5) is 0 Å². The van der Waals surface area contributed by atoms with Gasteiger partial charge in [0.15, 0.2) is 12.2 Å². The summed E-state index contributed by atoms with van der Waals surface area (Å²) in [5.41, 5.74) is 0. The van der Waals surface area contributed by atoms with Gasteiger partial charge in [-0.15, -0.1) is 0 Å². The Morgan fingerprint density at radius 3 is 0.905 bits per heavy atom. The molecule has 0 fully saturated rings. The molecule has 0 radical (unpaired) electrons. The first-order chi connectivity index (χ1) is 40.3. The molecule has 0 aliphatic rings. The van der Waals surface area contributed by atoms with Gasteiger partial charge in [-0.2, -0.15) is 0 Å². The van der Waals surface area contributed by atoms with Crippen molar-refractivity contribution in [2.75, 3.05) is 39.6 Å². The van der Waals surface area contributed by atoms with E-state index in [4.69, 9.17) is 37.0 Å². The van der Waals surface area contributed by atoms with Crippen LogP contribution in [0.25, 0.3) is 0 Å². The first kappa shape index (κ1) is 82.1. The lowest BCUT2D eigenvalue weighted by molar-refractivity contribution is -0.161. The average molecular weight is 1240 g/mol. The van der Waals surface area contributed by atoms with E-state index in [1.807, 2.05) is 0 Å². The highest BCUT2D eigenvalue weighted by Gasteiger charge is 2.30. The van der Waals surface area contributed by atoms with Crippen molar-refractivity contribution in [1.29, 1.82) is 0 Å². The fraction of sp³-hybridized carbons (Fsp3) is 0.938. The summed E-state index contributed by atoms with van der Waals surface area (Å²) in [4.78, 5) is 72.2. The topological polar surface area (TPSA) is 237 Å². The second-order valence-corrected chi connectivity index (χ2v) is 27.6. The molecule has 0 saturated carbocycles. The van der Waals surface area contributed by atoms with Crippen molar-refractivity contribution < 1.29 is 80.2 Å². The van der Waals surface area contributed by atoms with E-state index in [1.165, 1.54) is 128 Å². The molecule has 0 aliphatic heterocycles. The smallest absolute Gasteiger partial charge is 0.462 e. The Bertz CT molecular complexity index is 1670. The van der Waals surface area contributed by atoms with Gasteiger partial charge in [0, 0.05) is 25.7 Å². The van der Waals surface area contributed by atoms with Gasteiger partial charge in [0.25, 0.3) is 0 Å². The second-order valence-electron chi connectivity index (χ2n) is 24.7. The standard InChI is InChI=1S/C65H126O17P2/c1-8-10-11-12-13-17-24-32-39-46-62(67)75-53-61(82-65(70)49-42-35-28-27-31-38-45-58(7)9-2)55-80-84(73,74)78-51-59(66)50-77-83(71,72)79-54-60(52-76-63(68)47-40-33-25-21-20-23-30-37-44-57(5)6)81-64(69)48-41-34-26-19-16-14-15-18-22-29-36-43-56(3)4/h56-61,66H,8-55H2,1-7H3,(H,71,72)(H,73,74)/t58?,59-,60-,61-/m1/s1. The molecular weight excluding hydrogens is 1110 g/mol. The first-order valence-corrected chi connectivity index (χ1v) is 36.9. The molecule has 0 aromatic heterocycles. The van der Waals surface area contributed by atoms with Crippen molar-refractivity contribution in [2.45, 2.75) is 336 Å². The Morgan fingerprint density at radius 1 is 0.345 bits per heavy atom. The third kappa shape index (κ3) is 57.8. The van der Waals surface area contributed by atoms with Crippen LogP contribution in [0.3, 0.4) is 0 Å². The number of phosphoric acid groups is 2. The summed E-state index contributed by atoms with van der Waals surface area (Å²) in [5, 5.41) is 10.5. The van der Waals surface area contributed by atoms with E-state index in [2.05, 4.69) is 48.5 Å². The van der Waals surface area contributed by atoms with Crippen LogP contribution in [0, 0.1) is 17.8 Å². The lowest BCUT2D eigenvalue weighted by atomic mass is 10.00. The lowest BCUT2D eigenvalue weighted by Gasteiger charge is -2.21. The largest absolute Gasteiger partial charge is 0.472 e. The van der Waals surface area contributed by atoms with Crippen LogP contribution in [-0.4, -0.2) is 96.7 Å². The van der Waals surface area contributed by atoms with Gasteiger partial charge in [-0.3, -0.25) is 37.3 Å². The zero-order valence-corrected chi connectivity index (χ0v) is 56.1. The molecule has 0 rings (SSSR count). The lowest BCUT2D eigenvalue weighted by Crippen LogP contribution is -2.30. The summed E-state index contributed by atoms with van der Waals surface area (Å²) in [6, 6.07) is 0. The minimum absolute atomic E-state index is 0.102. The van der Waals surface area contributed by atoms with Gasteiger partial charge in [0.05, 0.1) is 26.4 Å². The zero-order chi connectivity index (χ0) is 62.4. The number of hydrogen-bond acceptors (Lipinski definition) is 15. The van der Waals surface area contributed by atoms with E-state index < -0.39 is 97.5 Å². The van der Waals surface area contributed by atoms with E-state index in [-0.39, 0.29) is 25.7 Å². The molecule has 0 spiro atoms. The molecule has 0 bridgehead atoms. The zero-order valence-electron chi connectivity index (χ0n) is 54.4. The van der Waals surface area contributed by atoms with Crippen LogP contribution >= 0.6 is 15.6 Å². The van der Waals surface area contributed by atoms with Gasteiger partial charge in [-0.25, -0.2) is 9.13 Å². The maximum Gasteiger partial charge on any atom is 0.472 e. The van der Waals surface area contributed by atoms with Gasteiger partial charge in [-0.1, -0.05) is 267 Å². The van der Waals surface area contributed by atoms with Crippen molar-refractivity contribution in [2.24, 2.45) is 17.8 Å². The molecule has 0 aromatic carbocycles. The molecule has 3 unspecified atom stereocenters. The average Bonchev–Trinajstić information content (AvgIpc) is 3.57. The Labute approximate surface area is 511 Å². The molecule has 19 heteroatoms. The minimum Gasteiger partial charge on any atom is -0.462 e. The van der Waals surface area contributed by atoms with E-state index in [9.17, 15) is 43.2 Å². The molecule has 0 amide bonds. The summed E-state index contributed by atoms with van der Waals surface area (Å²) in [7, 11) is -9.89. The molecule has 6 atom stereocenters. The number of rotatable bonds is 63. The Morgan fingerprint density at radius 2 is 0.607 bits per heavy atom. The molecule has 17 nitrogen and oxygen atoms in total. The summed E-state index contributed by atoms with van der Waals surface area (Å²) < 4.78 is 68.0. The summed E-state index contributed by atoms with van der Waals surface area (Å²) in [5.74, 6) is 0.0743. The molecule has 0 aliphatic carbocycles.